The summed E-state index contributed by atoms with van der Waals surface area (Å²) < 4.78 is 11.3. The quantitative estimate of drug-likeness (QED) is 0.595. The highest BCUT2D eigenvalue weighted by Crippen LogP contribution is 2.39. The molecule has 0 unspecified atom stereocenters. The molecule has 1 heterocycles. The number of halogens is 2. The Balaban J connectivity index is 0.000000224. The lowest BCUT2D eigenvalue weighted by molar-refractivity contribution is -0.195. The van der Waals surface area contributed by atoms with Crippen LogP contribution in [0.3, 0.4) is 0 Å². The van der Waals surface area contributed by atoms with E-state index in [-0.39, 0.29) is 0 Å². The molecule has 2 aliphatic rings. The number of rotatable bonds is 0. The minimum Gasteiger partial charge on any atom is -0.378 e. The van der Waals surface area contributed by atoms with Crippen LogP contribution in [0.2, 0.25) is 10.0 Å². The lowest BCUT2D eigenvalue weighted by atomic mass is 9.81. The van der Waals surface area contributed by atoms with Gasteiger partial charge in [0.25, 0.3) is 0 Å². The number of aliphatic hydroxyl groups is 1. The predicted octanol–water partition coefficient (Wildman–Crippen LogP) is 5.06. The van der Waals surface area contributed by atoms with Crippen molar-refractivity contribution in [2.75, 3.05) is 13.2 Å². The van der Waals surface area contributed by atoms with E-state index >= 15 is 0 Å². The maximum Gasteiger partial charge on any atom is 0.168 e. The van der Waals surface area contributed by atoms with Gasteiger partial charge in [0.2, 0.25) is 0 Å². The first-order valence-electron chi connectivity index (χ1n) is 9.43. The highest BCUT2D eigenvalue weighted by Gasteiger charge is 2.44. The van der Waals surface area contributed by atoms with Crippen molar-refractivity contribution >= 4 is 23.2 Å². The van der Waals surface area contributed by atoms with Gasteiger partial charge in [0, 0.05) is 34.0 Å². The summed E-state index contributed by atoms with van der Waals surface area (Å²) >= 11 is 11.5. The molecule has 0 amide bonds. The van der Waals surface area contributed by atoms with Gasteiger partial charge in [0.1, 0.15) is 5.60 Å². The first-order valence-corrected chi connectivity index (χ1v) is 10.2. The zero-order chi connectivity index (χ0) is 20.7. The second-order valence-corrected chi connectivity index (χ2v) is 7.93. The van der Waals surface area contributed by atoms with Crippen LogP contribution in [0.1, 0.15) is 36.8 Å². The molecule has 1 saturated heterocycles. The van der Waals surface area contributed by atoms with Gasteiger partial charge in [0.05, 0.1) is 13.2 Å². The number of benzene rings is 2. The van der Waals surface area contributed by atoms with Crippen LogP contribution in [0.5, 0.6) is 0 Å². The Morgan fingerprint density at radius 2 is 1.41 bits per heavy atom. The Morgan fingerprint density at radius 3 is 1.93 bits per heavy atom. The van der Waals surface area contributed by atoms with Crippen LogP contribution in [0, 0.1) is 24.2 Å². The first kappa shape index (κ1) is 21.7. The van der Waals surface area contributed by atoms with Crippen LogP contribution in [0.4, 0.5) is 0 Å². The van der Waals surface area contributed by atoms with Crippen molar-refractivity contribution < 1.29 is 14.6 Å². The summed E-state index contributed by atoms with van der Waals surface area (Å²) in [6.45, 7) is 1.29. The molecule has 1 spiro atoms. The third kappa shape index (κ3) is 6.25. The lowest BCUT2D eigenvalue weighted by Gasteiger charge is -2.37. The third-order valence-electron chi connectivity index (χ3n) is 4.91. The largest absolute Gasteiger partial charge is 0.378 e. The van der Waals surface area contributed by atoms with E-state index in [9.17, 15) is 5.11 Å². The van der Waals surface area contributed by atoms with Gasteiger partial charge in [0.15, 0.2) is 5.79 Å². The summed E-state index contributed by atoms with van der Waals surface area (Å²) in [5.74, 6) is 8.01. The van der Waals surface area contributed by atoms with Gasteiger partial charge in [-0.05, 0) is 49.2 Å². The van der Waals surface area contributed by atoms with Gasteiger partial charge >= 0.3 is 0 Å². The summed E-state index contributed by atoms with van der Waals surface area (Å²) in [6.07, 6.45) is 7.63. The molecule has 1 N–H and O–H groups in total. The summed E-state index contributed by atoms with van der Waals surface area (Å²) in [5, 5.41) is 11.9. The zero-order valence-corrected chi connectivity index (χ0v) is 17.5. The average molecular weight is 429 g/mol. The molecule has 0 radical (unpaired) electrons. The molecule has 0 aromatic heterocycles. The molecule has 29 heavy (non-hydrogen) atoms. The maximum absolute atomic E-state index is 10.5. The van der Waals surface area contributed by atoms with Crippen molar-refractivity contribution in [2.24, 2.45) is 0 Å². The van der Waals surface area contributed by atoms with Gasteiger partial charge in [-0.3, -0.25) is 0 Å². The highest BCUT2D eigenvalue weighted by molar-refractivity contribution is 6.30. The van der Waals surface area contributed by atoms with E-state index in [2.05, 4.69) is 17.8 Å². The fraction of sp³-hybridized carbons (Fsp3) is 0.333. The molecular weight excluding hydrogens is 407 g/mol. The van der Waals surface area contributed by atoms with Crippen LogP contribution in [-0.2, 0) is 9.47 Å². The third-order valence-corrected chi connectivity index (χ3v) is 5.38. The number of ether oxygens (including phenoxy) is 2. The monoisotopic (exact) mass is 428 g/mol. The molecule has 0 atom stereocenters. The van der Waals surface area contributed by atoms with Crippen molar-refractivity contribution in [3.05, 3.63) is 69.7 Å². The van der Waals surface area contributed by atoms with E-state index in [4.69, 9.17) is 39.1 Å². The zero-order valence-electron chi connectivity index (χ0n) is 16.0. The van der Waals surface area contributed by atoms with Gasteiger partial charge in [-0.2, -0.15) is 0 Å². The van der Waals surface area contributed by atoms with Crippen molar-refractivity contribution in [3.8, 4) is 24.2 Å². The molecule has 2 aromatic carbocycles. The van der Waals surface area contributed by atoms with E-state index in [1.165, 1.54) is 0 Å². The van der Waals surface area contributed by atoms with Crippen LogP contribution >= 0.6 is 23.2 Å². The predicted molar refractivity (Wildman–Crippen MR) is 116 cm³/mol. The molecule has 1 saturated carbocycles. The Hall–Kier alpha value is -1.98. The van der Waals surface area contributed by atoms with Crippen LogP contribution < -0.4 is 0 Å². The fourth-order valence-electron chi connectivity index (χ4n) is 3.29. The van der Waals surface area contributed by atoms with Gasteiger partial charge in [-0.25, -0.2) is 0 Å². The van der Waals surface area contributed by atoms with Crippen molar-refractivity contribution in [1.82, 2.24) is 0 Å². The Kier molecular flexibility index (Phi) is 7.25. The van der Waals surface area contributed by atoms with E-state index < -0.39 is 11.4 Å². The van der Waals surface area contributed by atoms with Crippen LogP contribution in [0.25, 0.3) is 0 Å². The second-order valence-electron chi connectivity index (χ2n) is 7.05. The fourth-order valence-corrected chi connectivity index (χ4v) is 3.67. The Morgan fingerprint density at radius 1 is 0.862 bits per heavy atom. The minimum absolute atomic E-state index is 0.468. The lowest BCUT2D eigenvalue weighted by Crippen LogP contribution is -2.42. The summed E-state index contributed by atoms with van der Waals surface area (Å²) in [5.41, 5.74) is 0.685. The van der Waals surface area contributed by atoms with Crippen molar-refractivity contribution in [3.63, 3.8) is 0 Å². The van der Waals surface area contributed by atoms with E-state index in [0.717, 1.165) is 11.1 Å². The van der Waals surface area contributed by atoms with E-state index in [1.54, 1.807) is 24.3 Å². The molecule has 2 aromatic rings. The van der Waals surface area contributed by atoms with Gasteiger partial charge in [-0.1, -0.05) is 53.1 Å². The summed E-state index contributed by atoms with van der Waals surface area (Å²) in [7, 11) is 0. The summed E-state index contributed by atoms with van der Waals surface area (Å²) in [6, 6.07) is 14.6. The molecular formula is C24H22Cl2O3. The molecule has 150 valence electrons. The average Bonchev–Trinajstić information content (AvgIpc) is 3.19. The van der Waals surface area contributed by atoms with Crippen LogP contribution in [-0.4, -0.2) is 29.7 Å². The first-order chi connectivity index (χ1) is 13.9. The smallest absolute Gasteiger partial charge is 0.168 e. The molecule has 0 bridgehead atoms. The number of hydrogen-bond acceptors (Lipinski definition) is 3. The maximum atomic E-state index is 10.5. The topological polar surface area (TPSA) is 38.7 Å². The molecule has 1 aliphatic carbocycles. The van der Waals surface area contributed by atoms with E-state index in [1.807, 2.05) is 24.3 Å². The Bertz CT molecular complexity index is 936. The van der Waals surface area contributed by atoms with Crippen molar-refractivity contribution in [2.45, 2.75) is 37.1 Å². The second kappa shape index (κ2) is 9.68. The minimum atomic E-state index is -0.955. The molecule has 3 nitrogen and oxygen atoms in total. The summed E-state index contributed by atoms with van der Waals surface area (Å²) in [4.78, 5) is 0. The Labute approximate surface area is 181 Å². The normalized spacial score (nSPS) is 18.7. The number of hydrogen-bond donors (Lipinski definition) is 1. The molecule has 5 heteroatoms. The highest BCUT2D eigenvalue weighted by atomic mass is 35.5. The van der Waals surface area contributed by atoms with Gasteiger partial charge < -0.3 is 14.6 Å². The van der Waals surface area contributed by atoms with Crippen molar-refractivity contribution in [1.29, 1.82) is 0 Å². The molecule has 1 aliphatic heterocycles. The van der Waals surface area contributed by atoms with E-state index in [0.29, 0.717) is 48.9 Å². The molecule has 2 fully saturated rings. The molecule has 4 rings (SSSR count). The standard InChI is InChI=1S/C16H17ClO3.C8H5Cl/c17-14-3-1-2-13(12-14)4-5-15(18)6-8-16(9-7-15)19-10-11-20-16;1-2-7-4-3-5-8(9)6-7/h1-3,12,18H,6-11H2;1,3-6H. The number of terminal acetylenes is 1. The van der Waals surface area contributed by atoms with Crippen LogP contribution in [0.15, 0.2) is 48.5 Å². The van der Waals surface area contributed by atoms with Gasteiger partial charge in [-0.15, -0.1) is 6.42 Å². The SMILES string of the molecule is C#Cc1cccc(Cl)c1.OC1(C#Cc2cccc(Cl)c2)CCC2(CC1)OCCO2.